The first-order chi connectivity index (χ1) is 14.4. The maximum atomic E-state index is 9.85. The monoisotopic (exact) mass is 420 g/mol. The maximum absolute atomic E-state index is 9.85. The van der Waals surface area contributed by atoms with Crippen LogP contribution in [0.25, 0.3) is 0 Å². The van der Waals surface area contributed by atoms with Crippen molar-refractivity contribution in [2.75, 3.05) is 20.0 Å². The summed E-state index contributed by atoms with van der Waals surface area (Å²) >= 11 is 0. The second-order valence-corrected chi connectivity index (χ2v) is 7.04. The molecule has 2 aromatic carbocycles. The summed E-state index contributed by atoms with van der Waals surface area (Å²) in [6, 6.07) is 12.6. The summed E-state index contributed by atoms with van der Waals surface area (Å²) in [5, 5.41) is 38.9. The first-order valence-corrected chi connectivity index (χ1v) is 9.86. The molecular weight excluding hydrogens is 392 g/mol. The minimum atomic E-state index is -1.86. The van der Waals surface area contributed by atoms with E-state index in [-0.39, 0.29) is 6.79 Å². The Labute approximate surface area is 175 Å². The molecule has 0 bridgehead atoms. The lowest BCUT2D eigenvalue weighted by molar-refractivity contribution is -0.188. The second kappa shape index (κ2) is 10.2. The molecule has 1 aliphatic heterocycles. The van der Waals surface area contributed by atoms with Crippen molar-refractivity contribution in [1.29, 1.82) is 0 Å². The molecule has 0 aliphatic carbocycles. The number of hydrogen-bond acceptors (Lipinski definition) is 8. The molecule has 1 heterocycles. The van der Waals surface area contributed by atoms with Crippen LogP contribution in [0.15, 0.2) is 42.5 Å². The molecule has 0 aromatic heterocycles. The van der Waals surface area contributed by atoms with E-state index in [4.69, 9.17) is 18.9 Å². The summed E-state index contributed by atoms with van der Waals surface area (Å²) in [5.74, 6) is 1.37. The van der Waals surface area contributed by atoms with Gasteiger partial charge >= 0.3 is 0 Å². The standard InChI is InChI=1S/C22H28O8/c1-3-27-16-7-4-14(5-8-16)20-17-10-15(6-9-18(17)28-12-29-20)21(22(25)26)30-19(11-23)13(2)24/h4-10,13,19-26H,3,11-12H2,1-2H3. The Balaban J connectivity index is 1.92. The number of fused-ring (bicyclic) bond motifs is 1. The summed E-state index contributed by atoms with van der Waals surface area (Å²) in [4.78, 5) is 0. The van der Waals surface area contributed by atoms with Crippen molar-refractivity contribution in [1.82, 2.24) is 0 Å². The molecule has 1 aliphatic rings. The van der Waals surface area contributed by atoms with Gasteiger partial charge in [0.1, 0.15) is 29.8 Å². The van der Waals surface area contributed by atoms with Crippen LogP contribution in [0.2, 0.25) is 0 Å². The van der Waals surface area contributed by atoms with E-state index in [0.717, 1.165) is 11.3 Å². The van der Waals surface area contributed by atoms with Gasteiger partial charge in [-0.25, -0.2) is 0 Å². The number of aliphatic hydroxyl groups is 4. The molecule has 0 spiro atoms. The fourth-order valence-electron chi connectivity index (χ4n) is 3.34. The maximum Gasteiger partial charge on any atom is 0.190 e. The van der Waals surface area contributed by atoms with Gasteiger partial charge in [0, 0.05) is 5.56 Å². The molecule has 0 saturated carbocycles. The van der Waals surface area contributed by atoms with Crippen molar-refractivity contribution in [3.8, 4) is 11.5 Å². The van der Waals surface area contributed by atoms with E-state index in [0.29, 0.717) is 23.5 Å². The molecule has 8 heteroatoms. The van der Waals surface area contributed by atoms with Gasteiger partial charge in [0.15, 0.2) is 13.1 Å². The van der Waals surface area contributed by atoms with E-state index >= 15 is 0 Å². The zero-order chi connectivity index (χ0) is 21.7. The first kappa shape index (κ1) is 22.5. The predicted molar refractivity (Wildman–Crippen MR) is 107 cm³/mol. The van der Waals surface area contributed by atoms with Crippen LogP contribution in [0.5, 0.6) is 11.5 Å². The highest BCUT2D eigenvalue weighted by atomic mass is 16.7. The van der Waals surface area contributed by atoms with Gasteiger partial charge in [-0.1, -0.05) is 18.2 Å². The Morgan fingerprint density at radius 3 is 2.43 bits per heavy atom. The highest BCUT2D eigenvalue weighted by molar-refractivity contribution is 5.45. The molecule has 4 unspecified atom stereocenters. The van der Waals surface area contributed by atoms with Crippen LogP contribution in [-0.2, 0) is 9.47 Å². The number of hydrogen-bond donors (Lipinski definition) is 4. The molecule has 0 fully saturated rings. The fraction of sp³-hybridized carbons (Fsp3) is 0.455. The Bertz CT molecular complexity index is 805. The highest BCUT2D eigenvalue weighted by Gasteiger charge is 2.30. The van der Waals surface area contributed by atoms with Crippen LogP contribution in [0.3, 0.4) is 0 Å². The number of ether oxygens (including phenoxy) is 4. The molecule has 2 aromatic rings. The SMILES string of the molecule is CCOc1ccc(C2OCOc3ccc(C(OC(CO)C(C)O)C(O)O)cc32)cc1. The molecule has 0 saturated heterocycles. The topological polar surface area (TPSA) is 118 Å². The molecule has 0 amide bonds. The molecule has 4 atom stereocenters. The van der Waals surface area contributed by atoms with Crippen LogP contribution in [0.1, 0.15) is 42.7 Å². The van der Waals surface area contributed by atoms with Crippen molar-refractivity contribution in [2.24, 2.45) is 0 Å². The van der Waals surface area contributed by atoms with Gasteiger partial charge in [-0.2, -0.15) is 0 Å². The summed E-state index contributed by atoms with van der Waals surface area (Å²) in [6.07, 6.45) is -5.42. The third kappa shape index (κ3) is 5.10. The zero-order valence-electron chi connectivity index (χ0n) is 17.0. The van der Waals surface area contributed by atoms with Gasteiger partial charge in [-0.05, 0) is 49.2 Å². The van der Waals surface area contributed by atoms with Crippen molar-refractivity contribution < 1.29 is 39.4 Å². The van der Waals surface area contributed by atoms with Gasteiger partial charge in [-0.15, -0.1) is 0 Å². The van der Waals surface area contributed by atoms with Gasteiger partial charge in [-0.3, -0.25) is 0 Å². The van der Waals surface area contributed by atoms with E-state index < -0.39 is 37.3 Å². The number of rotatable bonds is 9. The van der Waals surface area contributed by atoms with Gasteiger partial charge < -0.3 is 39.4 Å². The first-order valence-electron chi connectivity index (χ1n) is 9.86. The van der Waals surface area contributed by atoms with Crippen LogP contribution < -0.4 is 9.47 Å². The van der Waals surface area contributed by atoms with E-state index in [1.807, 2.05) is 31.2 Å². The summed E-state index contributed by atoms with van der Waals surface area (Å²) in [5.41, 5.74) is 2.04. The summed E-state index contributed by atoms with van der Waals surface area (Å²) in [7, 11) is 0. The lowest BCUT2D eigenvalue weighted by Crippen LogP contribution is -2.35. The van der Waals surface area contributed by atoms with Gasteiger partial charge in [0.05, 0.1) is 19.3 Å². The largest absolute Gasteiger partial charge is 0.494 e. The van der Waals surface area contributed by atoms with Crippen molar-refractivity contribution >= 4 is 0 Å². The summed E-state index contributed by atoms with van der Waals surface area (Å²) < 4.78 is 22.5. The lowest BCUT2D eigenvalue weighted by atomic mass is 9.96. The summed E-state index contributed by atoms with van der Waals surface area (Å²) in [6.45, 7) is 3.57. The average molecular weight is 420 g/mol. The predicted octanol–water partition coefficient (Wildman–Crippen LogP) is 1.65. The Kier molecular flexibility index (Phi) is 7.65. The molecule has 0 radical (unpaired) electrons. The second-order valence-electron chi connectivity index (χ2n) is 7.04. The van der Waals surface area contributed by atoms with E-state index in [2.05, 4.69) is 0 Å². The van der Waals surface area contributed by atoms with Crippen LogP contribution >= 0.6 is 0 Å². The zero-order valence-corrected chi connectivity index (χ0v) is 17.0. The Morgan fingerprint density at radius 2 is 1.83 bits per heavy atom. The third-order valence-electron chi connectivity index (χ3n) is 4.90. The third-order valence-corrected chi connectivity index (χ3v) is 4.90. The number of benzene rings is 2. The minimum Gasteiger partial charge on any atom is -0.494 e. The fourth-order valence-corrected chi connectivity index (χ4v) is 3.34. The van der Waals surface area contributed by atoms with E-state index in [9.17, 15) is 20.4 Å². The molecule has 30 heavy (non-hydrogen) atoms. The number of aliphatic hydroxyl groups excluding tert-OH is 3. The van der Waals surface area contributed by atoms with Crippen LogP contribution in [0, 0.1) is 0 Å². The molecule has 164 valence electrons. The average Bonchev–Trinajstić information content (AvgIpc) is 2.74. The Hall–Kier alpha value is -2.20. The highest BCUT2D eigenvalue weighted by Crippen LogP contribution is 2.39. The van der Waals surface area contributed by atoms with Crippen molar-refractivity contribution in [2.45, 2.75) is 44.6 Å². The van der Waals surface area contributed by atoms with E-state index in [1.165, 1.54) is 6.92 Å². The van der Waals surface area contributed by atoms with Gasteiger partial charge in [0.25, 0.3) is 0 Å². The smallest absolute Gasteiger partial charge is 0.190 e. The lowest BCUT2D eigenvalue weighted by Gasteiger charge is -2.30. The molecule has 4 N–H and O–H groups in total. The quantitative estimate of drug-likeness (QED) is 0.453. The molecule has 3 rings (SSSR count). The van der Waals surface area contributed by atoms with Gasteiger partial charge in [0.2, 0.25) is 0 Å². The molecular formula is C22H28O8. The van der Waals surface area contributed by atoms with Crippen LogP contribution in [-0.4, -0.2) is 58.9 Å². The van der Waals surface area contributed by atoms with Crippen LogP contribution in [0.4, 0.5) is 0 Å². The molecule has 8 nitrogen and oxygen atoms in total. The van der Waals surface area contributed by atoms with Crippen molar-refractivity contribution in [3.05, 3.63) is 59.2 Å². The Morgan fingerprint density at radius 1 is 1.10 bits per heavy atom. The minimum absolute atomic E-state index is 0.0847. The van der Waals surface area contributed by atoms with Crippen molar-refractivity contribution in [3.63, 3.8) is 0 Å². The van der Waals surface area contributed by atoms with E-state index in [1.54, 1.807) is 18.2 Å². The normalized spacial score (nSPS) is 19.0.